The van der Waals surface area contributed by atoms with Gasteiger partial charge in [-0.1, -0.05) is 30.3 Å². The second-order valence-electron chi connectivity index (χ2n) is 5.72. The number of benzene rings is 2. The van der Waals surface area contributed by atoms with E-state index in [9.17, 15) is 14.4 Å². The summed E-state index contributed by atoms with van der Waals surface area (Å²) in [6.45, 7) is 1.41. The highest BCUT2D eigenvalue weighted by Gasteiger charge is 2.22. The Morgan fingerprint density at radius 1 is 1.07 bits per heavy atom. The van der Waals surface area contributed by atoms with Crippen LogP contribution in [0.4, 0.5) is 5.69 Å². The number of para-hydroxylation sites is 3. The second kappa shape index (κ2) is 7.74. The molecule has 0 unspecified atom stereocenters. The van der Waals surface area contributed by atoms with Crippen LogP contribution in [0.2, 0.25) is 0 Å². The summed E-state index contributed by atoms with van der Waals surface area (Å²) in [5.74, 6) is -1.02. The van der Waals surface area contributed by atoms with Gasteiger partial charge < -0.3 is 19.2 Å². The lowest BCUT2D eigenvalue weighted by Crippen LogP contribution is -2.31. The summed E-state index contributed by atoms with van der Waals surface area (Å²) >= 11 is 0. The van der Waals surface area contributed by atoms with Crippen LogP contribution in [0.25, 0.3) is 11.0 Å². The van der Waals surface area contributed by atoms with Crippen LogP contribution in [0.15, 0.2) is 63.8 Å². The van der Waals surface area contributed by atoms with E-state index in [1.807, 2.05) is 0 Å². The second-order valence-corrected chi connectivity index (χ2v) is 5.72. The molecule has 3 rings (SSSR count). The summed E-state index contributed by atoms with van der Waals surface area (Å²) in [4.78, 5) is 36.6. The molecule has 0 radical (unpaired) electrons. The highest BCUT2D eigenvalue weighted by Crippen LogP contribution is 2.23. The molecule has 0 aliphatic heterocycles. The van der Waals surface area contributed by atoms with Crippen molar-refractivity contribution in [3.63, 3.8) is 0 Å². The molecule has 0 fully saturated rings. The van der Waals surface area contributed by atoms with Crippen molar-refractivity contribution < 1.29 is 23.5 Å². The number of methoxy groups -OCH3 is 1. The van der Waals surface area contributed by atoms with E-state index < -0.39 is 23.6 Å². The number of fused-ring (bicyclic) bond motifs is 1. The summed E-state index contributed by atoms with van der Waals surface area (Å²) in [6.07, 6.45) is -1.13. The van der Waals surface area contributed by atoms with E-state index in [-0.39, 0.29) is 5.56 Å². The third kappa shape index (κ3) is 3.98. The minimum atomic E-state index is -1.13. The molecule has 0 aliphatic carbocycles. The Kier molecular flexibility index (Phi) is 5.21. The topological polar surface area (TPSA) is 94.8 Å². The summed E-state index contributed by atoms with van der Waals surface area (Å²) < 4.78 is 15.4. The number of ether oxygens (including phenoxy) is 2. The predicted molar refractivity (Wildman–Crippen MR) is 99.0 cm³/mol. The molecular weight excluding hydrogens is 350 g/mol. The molecule has 138 valence electrons. The molecule has 1 aromatic heterocycles. The van der Waals surface area contributed by atoms with Crippen molar-refractivity contribution in [3.8, 4) is 5.75 Å². The van der Waals surface area contributed by atoms with Crippen molar-refractivity contribution >= 4 is 28.5 Å². The maximum atomic E-state index is 12.3. The molecule has 7 nitrogen and oxygen atoms in total. The molecule has 0 saturated heterocycles. The molecule has 7 heteroatoms. The molecule has 0 bridgehead atoms. The zero-order valence-corrected chi connectivity index (χ0v) is 14.7. The quantitative estimate of drug-likeness (QED) is 0.550. The molecule has 1 N–H and O–H groups in total. The molecule has 27 heavy (non-hydrogen) atoms. The number of esters is 1. The molecule has 2 aromatic carbocycles. The van der Waals surface area contributed by atoms with Crippen LogP contribution in [-0.4, -0.2) is 25.1 Å². The van der Waals surface area contributed by atoms with Crippen LogP contribution in [-0.2, 0) is 9.53 Å². The van der Waals surface area contributed by atoms with Crippen molar-refractivity contribution in [3.05, 3.63) is 70.6 Å². The number of hydrogen-bond acceptors (Lipinski definition) is 6. The molecule has 1 atom stereocenters. The van der Waals surface area contributed by atoms with Crippen LogP contribution in [0.5, 0.6) is 5.75 Å². The predicted octanol–water partition coefficient (Wildman–Crippen LogP) is 2.99. The van der Waals surface area contributed by atoms with Gasteiger partial charge in [0.2, 0.25) is 0 Å². The number of carbonyl (C=O) groups excluding carboxylic acids is 2. The highest BCUT2D eigenvalue weighted by atomic mass is 16.5. The maximum absolute atomic E-state index is 12.3. The monoisotopic (exact) mass is 367 g/mol. The fourth-order valence-electron chi connectivity index (χ4n) is 2.46. The van der Waals surface area contributed by atoms with E-state index in [1.54, 1.807) is 48.5 Å². The maximum Gasteiger partial charge on any atom is 0.351 e. The molecule has 0 spiro atoms. The number of nitrogens with one attached hydrogen (secondary N) is 1. The van der Waals surface area contributed by atoms with Crippen molar-refractivity contribution in [2.24, 2.45) is 0 Å². The first-order chi connectivity index (χ1) is 13.0. The molecule has 0 saturated carbocycles. The van der Waals surface area contributed by atoms with Gasteiger partial charge in [0.25, 0.3) is 5.91 Å². The zero-order valence-electron chi connectivity index (χ0n) is 14.7. The average Bonchev–Trinajstić information content (AvgIpc) is 2.67. The number of anilines is 1. The van der Waals surface area contributed by atoms with E-state index in [0.29, 0.717) is 22.4 Å². The van der Waals surface area contributed by atoms with Crippen LogP contribution in [0, 0.1) is 0 Å². The molecule has 1 heterocycles. The van der Waals surface area contributed by atoms with Gasteiger partial charge >= 0.3 is 11.6 Å². The van der Waals surface area contributed by atoms with Crippen molar-refractivity contribution in [2.45, 2.75) is 13.0 Å². The minimum Gasteiger partial charge on any atom is -0.495 e. The number of rotatable bonds is 5. The standard InChI is InChI=1S/C20H17NO6/c1-12(18(22)21-15-8-4-6-10-17(15)25-2)26-19(23)14-11-13-7-3-5-9-16(13)27-20(14)24/h3-12H,1-2H3,(H,21,22)/t12-/m1/s1. The van der Waals surface area contributed by atoms with Crippen LogP contribution >= 0.6 is 0 Å². The Hall–Kier alpha value is -3.61. The summed E-state index contributed by atoms with van der Waals surface area (Å²) in [7, 11) is 1.48. The number of amides is 1. The van der Waals surface area contributed by atoms with Crippen molar-refractivity contribution in [1.29, 1.82) is 0 Å². The Morgan fingerprint density at radius 3 is 2.56 bits per heavy atom. The average molecular weight is 367 g/mol. The first kappa shape index (κ1) is 18.2. The smallest absolute Gasteiger partial charge is 0.351 e. The van der Waals surface area contributed by atoms with Gasteiger partial charge in [0, 0.05) is 5.39 Å². The van der Waals surface area contributed by atoms with Gasteiger partial charge in [-0.05, 0) is 31.2 Å². The number of carbonyl (C=O) groups is 2. The van der Waals surface area contributed by atoms with Crippen molar-refractivity contribution in [2.75, 3.05) is 12.4 Å². The summed E-state index contributed by atoms with van der Waals surface area (Å²) in [5, 5.41) is 3.20. The Bertz CT molecular complexity index is 1060. The lowest BCUT2D eigenvalue weighted by atomic mass is 10.2. The fraction of sp³-hybridized carbons (Fsp3) is 0.150. The highest BCUT2D eigenvalue weighted by molar-refractivity contribution is 5.98. The van der Waals surface area contributed by atoms with Gasteiger partial charge in [-0.2, -0.15) is 0 Å². The lowest BCUT2D eigenvalue weighted by Gasteiger charge is -2.15. The first-order valence-corrected chi connectivity index (χ1v) is 8.17. The Balaban J connectivity index is 1.74. The molecular formula is C20H17NO6. The van der Waals surface area contributed by atoms with Gasteiger partial charge in [0.1, 0.15) is 16.9 Å². The van der Waals surface area contributed by atoms with Gasteiger partial charge in [-0.15, -0.1) is 0 Å². The van der Waals surface area contributed by atoms with Crippen LogP contribution in [0.1, 0.15) is 17.3 Å². The van der Waals surface area contributed by atoms with Gasteiger partial charge in [0.15, 0.2) is 6.10 Å². The third-order valence-corrected chi connectivity index (χ3v) is 3.88. The minimum absolute atomic E-state index is 0.273. The number of hydrogen-bond donors (Lipinski definition) is 1. The third-order valence-electron chi connectivity index (χ3n) is 3.88. The van der Waals surface area contributed by atoms with E-state index in [0.717, 1.165) is 0 Å². The first-order valence-electron chi connectivity index (χ1n) is 8.17. The summed E-state index contributed by atoms with van der Waals surface area (Å²) in [5.41, 5.74) is -0.291. The van der Waals surface area contributed by atoms with E-state index in [1.165, 1.54) is 20.1 Å². The largest absolute Gasteiger partial charge is 0.495 e. The Labute approximate surface area is 154 Å². The SMILES string of the molecule is COc1ccccc1NC(=O)[C@@H](C)OC(=O)c1cc2ccccc2oc1=O. The molecule has 0 aliphatic rings. The van der Waals surface area contributed by atoms with Gasteiger partial charge in [-0.25, -0.2) is 9.59 Å². The normalized spacial score (nSPS) is 11.6. The van der Waals surface area contributed by atoms with Gasteiger partial charge in [0.05, 0.1) is 12.8 Å². The van der Waals surface area contributed by atoms with E-state index in [2.05, 4.69) is 5.32 Å². The van der Waals surface area contributed by atoms with E-state index in [4.69, 9.17) is 13.9 Å². The fourth-order valence-corrected chi connectivity index (χ4v) is 2.46. The summed E-state index contributed by atoms with van der Waals surface area (Å²) in [6, 6.07) is 15.0. The van der Waals surface area contributed by atoms with Crippen molar-refractivity contribution in [1.82, 2.24) is 0 Å². The van der Waals surface area contributed by atoms with E-state index >= 15 is 0 Å². The lowest BCUT2D eigenvalue weighted by molar-refractivity contribution is -0.123. The molecule has 1 amide bonds. The molecule has 3 aromatic rings. The zero-order chi connectivity index (χ0) is 19.4. The van der Waals surface area contributed by atoms with Crippen LogP contribution in [0.3, 0.4) is 0 Å². The Morgan fingerprint density at radius 2 is 1.78 bits per heavy atom. The van der Waals surface area contributed by atoms with Gasteiger partial charge in [-0.3, -0.25) is 4.79 Å². The van der Waals surface area contributed by atoms with Crippen LogP contribution < -0.4 is 15.7 Å².